The van der Waals surface area contributed by atoms with Gasteiger partial charge in [-0.1, -0.05) is 35.9 Å². The van der Waals surface area contributed by atoms with Crippen LogP contribution in [0.15, 0.2) is 41.8 Å². The Morgan fingerprint density at radius 2 is 1.95 bits per heavy atom. The largest absolute Gasteiger partial charge is 0.481 e. The first kappa shape index (κ1) is 16.2. The number of hydrogen-bond donors (Lipinski definition) is 2. The molecule has 0 unspecified atom stereocenters. The number of nitrogens with one attached hydrogen (secondary N) is 1. The zero-order valence-corrected chi connectivity index (χ0v) is 13.2. The molecule has 22 heavy (non-hydrogen) atoms. The van der Waals surface area contributed by atoms with Gasteiger partial charge in [0, 0.05) is 11.4 Å². The molecule has 0 aliphatic rings. The summed E-state index contributed by atoms with van der Waals surface area (Å²) >= 11 is 1.52. The lowest BCUT2D eigenvalue weighted by molar-refractivity contribution is -0.141. The molecule has 0 fully saturated rings. The standard InChI is InChI=1S/C17H19NO3S/c1-12-4-6-13(7-5-12)9-14(17(20)21)11-18-16(19)10-15-3-2-8-22-15/h2-8,14H,9-11H2,1H3,(H,18,19)(H,20,21)/t14-/m0/s1. The number of hydrogen-bond acceptors (Lipinski definition) is 3. The molecule has 2 N–H and O–H groups in total. The maximum Gasteiger partial charge on any atom is 0.308 e. The molecule has 2 rings (SSSR count). The van der Waals surface area contributed by atoms with Crippen LogP contribution >= 0.6 is 11.3 Å². The van der Waals surface area contributed by atoms with Gasteiger partial charge in [0.25, 0.3) is 0 Å². The summed E-state index contributed by atoms with van der Waals surface area (Å²) in [7, 11) is 0. The lowest BCUT2D eigenvalue weighted by Crippen LogP contribution is -2.34. The number of benzene rings is 1. The van der Waals surface area contributed by atoms with E-state index in [1.165, 1.54) is 11.3 Å². The summed E-state index contributed by atoms with van der Waals surface area (Å²) in [6, 6.07) is 11.6. The van der Waals surface area contributed by atoms with Crippen LogP contribution in [0.3, 0.4) is 0 Å². The zero-order valence-electron chi connectivity index (χ0n) is 12.4. The highest BCUT2D eigenvalue weighted by molar-refractivity contribution is 7.10. The first-order valence-corrected chi connectivity index (χ1v) is 8.00. The van der Waals surface area contributed by atoms with Crippen LogP contribution in [0.25, 0.3) is 0 Å². The first-order chi connectivity index (χ1) is 10.5. The van der Waals surface area contributed by atoms with E-state index in [0.717, 1.165) is 16.0 Å². The quantitative estimate of drug-likeness (QED) is 0.825. The molecular weight excluding hydrogens is 298 g/mol. The Labute approximate surface area is 133 Å². The molecule has 0 radical (unpaired) electrons. The van der Waals surface area contributed by atoms with Crippen molar-refractivity contribution in [2.45, 2.75) is 19.8 Å². The summed E-state index contributed by atoms with van der Waals surface area (Å²) < 4.78 is 0. The number of amides is 1. The Hall–Kier alpha value is -2.14. The van der Waals surface area contributed by atoms with Gasteiger partial charge in [0.15, 0.2) is 0 Å². The van der Waals surface area contributed by atoms with Crippen molar-refractivity contribution in [1.29, 1.82) is 0 Å². The van der Waals surface area contributed by atoms with Crippen molar-refractivity contribution in [3.8, 4) is 0 Å². The highest BCUT2D eigenvalue weighted by Crippen LogP contribution is 2.11. The summed E-state index contributed by atoms with van der Waals surface area (Å²) in [5.41, 5.74) is 2.10. The van der Waals surface area contributed by atoms with Crippen molar-refractivity contribution in [2.75, 3.05) is 6.54 Å². The van der Waals surface area contributed by atoms with Crippen LogP contribution in [0.2, 0.25) is 0 Å². The fraction of sp³-hybridized carbons (Fsp3) is 0.294. The van der Waals surface area contributed by atoms with Gasteiger partial charge in [0.05, 0.1) is 12.3 Å². The van der Waals surface area contributed by atoms with Gasteiger partial charge in [-0.2, -0.15) is 0 Å². The van der Waals surface area contributed by atoms with Gasteiger partial charge in [0.1, 0.15) is 0 Å². The van der Waals surface area contributed by atoms with Crippen molar-refractivity contribution in [3.05, 3.63) is 57.8 Å². The summed E-state index contributed by atoms with van der Waals surface area (Å²) in [6.45, 7) is 2.14. The Balaban J connectivity index is 1.87. The molecule has 116 valence electrons. The van der Waals surface area contributed by atoms with Crippen LogP contribution in [-0.4, -0.2) is 23.5 Å². The zero-order chi connectivity index (χ0) is 15.9. The molecule has 0 aliphatic heterocycles. The third-order valence-corrected chi connectivity index (χ3v) is 4.29. The summed E-state index contributed by atoms with van der Waals surface area (Å²) in [4.78, 5) is 24.2. The monoisotopic (exact) mass is 317 g/mol. The number of aryl methyl sites for hydroxylation is 1. The van der Waals surface area contributed by atoms with Gasteiger partial charge in [-0.3, -0.25) is 9.59 Å². The molecule has 0 saturated heterocycles. The fourth-order valence-corrected chi connectivity index (χ4v) is 2.83. The SMILES string of the molecule is Cc1ccc(C[C@@H](CNC(=O)Cc2cccs2)C(=O)O)cc1. The van der Waals surface area contributed by atoms with E-state index in [9.17, 15) is 14.7 Å². The van der Waals surface area contributed by atoms with E-state index in [1.807, 2.05) is 48.7 Å². The average molecular weight is 317 g/mol. The Morgan fingerprint density at radius 3 is 2.55 bits per heavy atom. The molecular formula is C17H19NO3S. The van der Waals surface area contributed by atoms with Gasteiger partial charge in [0.2, 0.25) is 5.91 Å². The topological polar surface area (TPSA) is 66.4 Å². The summed E-state index contributed by atoms with van der Waals surface area (Å²) in [6.07, 6.45) is 0.712. The number of rotatable bonds is 7. The van der Waals surface area contributed by atoms with Crippen LogP contribution in [-0.2, 0) is 22.4 Å². The average Bonchev–Trinajstić information content (AvgIpc) is 2.98. The minimum atomic E-state index is -0.892. The second-order valence-corrected chi connectivity index (χ2v) is 6.32. The predicted octanol–water partition coefficient (Wildman–Crippen LogP) is 2.66. The molecule has 0 spiro atoms. The first-order valence-electron chi connectivity index (χ1n) is 7.12. The number of carboxylic acids is 1. The molecule has 0 saturated carbocycles. The molecule has 0 bridgehead atoms. The molecule has 1 amide bonds. The van der Waals surface area contributed by atoms with Gasteiger partial charge in [-0.15, -0.1) is 11.3 Å². The molecule has 4 nitrogen and oxygen atoms in total. The third-order valence-electron chi connectivity index (χ3n) is 3.41. The lowest BCUT2D eigenvalue weighted by Gasteiger charge is -2.13. The van der Waals surface area contributed by atoms with E-state index in [4.69, 9.17) is 0 Å². The second-order valence-electron chi connectivity index (χ2n) is 5.29. The number of carboxylic acid groups (broad SMARTS) is 1. The molecule has 0 aliphatic carbocycles. The smallest absolute Gasteiger partial charge is 0.308 e. The summed E-state index contributed by atoms with van der Waals surface area (Å²) in [5, 5.41) is 13.9. The van der Waals surface area contributed by atoms with Crippen LogP contribution in [0.1, 0.15) is 16.0 Å². The number of carbonyl (C=O) groups is 2. The van der Waals surface area contributed by atoms with Crippen LogP contribution in [0.4, 0.5) is 0 Å². The van der Waals surface area contributed by atoms with Gasteiger partial charge in [-0.05, 0) is 30.4 Å². The minimum absolute atomic E-state index is 0.141. The fourth-order valence-electron chi connectivity index (χ4n) is 2.13. The number of carbonyl (C=O) groups excluding carboxylic acids is 1. The van der Waals surface area contributed by atoms with E-state index in [1.54, 1.807) is 0 Å². The Morgan fingerprint density at radius 1 is 1.23 bits per heavy atom. The van der Waals surface area contributed by atoms with Crippen molar-refractivity contribution in [1.82, 2.24) is 5.32 Å². The third kappa shape index (κ3) is 5.00. The highest BCUT2D eigenvalue weighted by Gasteiger charge is 2.19. The van der Waals surface area contributed by atoms with E-state index < -0.39 is 11.9 Å². The van der Waals surface area contributed by atoms with E-state index in [2.05, 4.69) is 5.32 Å². The molecule has 1 aromatic heterocycles. The van der Waals surface area contributed by atoms with Gasteiger partial charge < -0.3 is 10.4 Å². The Bertz CT molecular complexity index is 620. The van der Waals surface area contributed by atoms with Crippen LogP contribution in [0.5, 0.6) is 0 Å². The number of aliphatic carboxylic acids is 1. The van der Waals surface area contributed by atoms with Crippen molar-refractivity contribution < 1.29 is 14.7 Å². The van der Waals surface area contributed by atoms with Crippen molar-refractivity contribution >= 4 is 23.2 Å². The maximum absolute atomic E-state index is 11.8. The molecule has 1 atom stereocenters. The van der Waals surface area contributed by atoms with Gasteiger partial charge in [-0.25, -0.2) is 0 Å². The van der Waals surface area contributed by atoms with E-state index in [0.29, 0.717) is 12.8 Å². The summed E-state index contributed by atoms with van der Waals surface area (Å²) in [5.74, 6) is -1.65. The van der Waals surface area contributed by atoms with Crippen LogP contribution in [0, 0.1) is 12.8 Å². The van der Waals surface area contributed by atoms with E-state index >= 15 is 0 Å². The molecule has 2 aromatic rings. The predicted molar refractivity (Wildman–Crippen MR) is 87.0 cm³/mol. The van der Waals surface area contributed by atoms with Crippen molar-refractivity contribution in [2.24, 2.45) is 5.92 Å². The van der Waals surface area contributed by atoms with Gasteiger partial charge >= 0.3 is 5.97 Å². The lowest BCUT2D eigenvalue weighted by atomic mass is 9.98. The Kier molecular flexibility index (Phi) is 5.72. The molecule has 5 heteroatoms. The highest BCUT2D eigenvalue weighted by atomic mass is 32.1. The van der Waals surface area contributed by atoms with E-state index in [-0.39, 0.29) is 12.5 Å². The molecule has 1 heterocycles. The van der Waals surface area contributed by atoms with Crippen LogP contribution < -0.4 is 5.32 Å². The normalized spacial score (nSPS) is 11.9. The number of thiophene rings is 1. The second kappa shape index (κ2) is 7.75. The minimum Gasteiger partial charge on any atom is -0.481 e. The maximum atomic E-state index is 11.8. The van der Waals surface area contributed by atoms with Crippen molar-refractivity contribution in [3.63, 3.8) is 0 Å². The molecule has 1 aromatic carbocycles.